The van der Waals surface area contributed by atoms with Gasteiger partial charge in [-0.25, -0.2) is 0 Å². The zero-order chi connectivity index (χ0) is 15.8. The monoisotopic (exact) mass is 311 g/mol. The highest BCUT2D eigenvalue weighted by molar-refractivity contribution is 5.96. The first-order chi connectivity index (χ1) is 11.2. The van der Waals surface area contributed by atoms with Crippen LogP contribution < -0.4 is 15.6 Å². The Hall–Kier alpha value is -2.76. The van der Waals surface area contributed by atoms with Gasteiger partial charge in [-0.1, -0.05) is 30.3 Å². The summed E-state index contributed by atoms with van der Waals surface area (Å²) < 4.78 is 7.34. The molecule has 1 N–H and O–H groups in total. The number of aromatic nitrogens is 1. The van der Waals surface area contributed by atoms with E-state index in [4.69, 9.17) is 4.74 Å². The molecule has 1 aromatic heterocycles. The molecule has 6 heteroatoms. The molecule has 2 aliphatic rings. The summed E-state index contributed by atoms with van der Waals surface area (Å²) in [7, 11) is 0. The van der Waals surface area contributed by atoms with Crippen molar-refractivity contribution in [2.75, 3.05) is 12.0 Å². The molecule has 1 fully saturated rings. The lowest BCUT2D eigenvalue weighted by Crippen LogP contribution is -2.50. The number of carbonyl (C=O) groups excluding carboxylic acids is 1. The topological polar surface area (TPSA) is 63.6 Å². The predicted molar refractivity (Wildman–Crippen MR) is 84.9 cm³/mol. The van der Waals surface area contributed by atoms with Crippen LogP contribution in [0.15, 0.2) is 47.4 Å². The Labute approximate surface area is 133 Å². The van der Waals surface area contributed by atoms with Crippen molar-refractivity contribution in [1.29, 1.82) is 0 Å². The van der Waals surface area contributed by atoms with E-state index in [-0.39, 0.29) is 35.6 Å². The second kappa shape index (κ2) is 5.46. The minimum Gasteiger partial charge on any atom is -0.482 e. The number of amides is 1. The summed E-state index contributed by atoms with van der Waals surface area (Å²) >= 11 is 0. The summed E-state index contributed by atoms with van der Waals surface area (Å²) in [5.41, 5.74) is 4.21. The lowest BCUT2D eigenvalue weighted by atomic mass is 10.2. The molecule has 2 aliphatic heterocycles. The fourth-order valence-electron chi connectivity index (χ4n) is 3.14. The Morgan fingerprint density at radius 1 is 1.17 bits per heavy atom. The maximum atomic E-state index is 12.7. The predicted octanol–water partition coefficient (Wildman–Crippen LogP) is 1.55. The third-order valence-corrected chi connectivity index (χ3v) is 4.29. The van der Waals surface area contributed by atoms with Crippen molar-refractivity contribution in [1.82, 2.24) is 9.58 Å². The Bertz CT molecular complexity index is 800. The third-order valence-electron chi connectivity index (χ3n) is 4.29. The molecular formula is C17H17N3O3. The number of nitrogens with zero attached hydrogens (tertiary/aromatic N) is 2. The van der Waals surface area contributed by atoms with Gasteiger partial charge in [-0.05, 0) is 18.4 Å². The van der Waals surface area contributed by atoms with Gasteiger partial charge in [0.25, 0.3) is 5.91 Å². The highest BCUT2D eigenvalue weighted by Crippen LogP contribution is 2.26. The van der Waals surface area contributed by atoms with Gasteiger partial charge in [0.05, 0.1) is 0 Å². The van der Waals surface area contributed by atoms with Crippen LogP contribution in [0.25, 0.3) is 0 Å². The van der Waals surface area contributed by atoms with Crippen molar-refractivity contribution in [2.24, 2.45) is 0 Å². The molecule has 1 unspecified atom stereocenters. The van der Waals surface area contributed by atoms with E-state index in [1.807, 2.05) is 30.3 Å². The smallest absolute Gasteiger partial charge is 0.278 e. The van der Waals surface area contributed by atoms with Crippen molar-refractivity contribution >= 4 is 5.91 Å². The summed E-state index contributed by atoms with van der Waals surface area (Å²) in [6, 6.07) is 11.0. The summed E-state index contributed by atoms with van der Waals surface area (Å²) in [5, 5.41) is 0. The van der Waals surface area contributed by atoms with E-state index in [9.17, 15) is 9.59 Å². The van der Waals surface area contributed by atoms with Crippen molar-refractivity contribution < 1.29 is 9.53 Å². The Morgan fingerprint density at radius 2 is 2.00 bits per heavy atom. The van der Waals surface area contributed by atoms with Crippen LogP contribution in [0, 0.1) is 0 Å². The number of fused-ring (bicyclic) bond motifs is 2. The quantitative estimate of drug-likeness (QED) is 0.934. The van der Waals surface area contributed by atoms with Crippen LogP contribution >= 0.6 is 0 Å². The maximum Gasteiger partial charge on any atom is 0.278 e. The van der Waals surface area contributed by atoms with E-state index in [2.05, 4.69) is 5.43 Å². The zero-order valence-electron chi connectivity index (χ0n) is 12.6. The lowest BCUT2D eigenvalue weighted by Gasteiger charge is -2.34. The molecule has 23 heavy (non-hydrogen) atoms. The number of rotatable bonds is 3. The van der Waals surface area contributed by atoms with E-state index < -0.39 is 0 Å². The fourth-order valence-corrected chi connectivity index (χ4v) is 3.14. The van der Waals surface area contributed by atoms with Gasteiger partial charge in [-0.15, -0.1) is 0 Å². The van der Waals surface area contributed by atoms with E-state index in [0.717, 1.165) is 18.4 Å². The minimum absolute atomic E-state index is 0.000486. The molecule has 1 aromatic carbocycles. The molecular weight excluding hydrogens is 294 g/mol. The minimum atomic E-state index is -0.278. The van der Waals surface area contributed by atoms with Gasteiger partial charge < -0.3 is 15.1 Å². The molecule has 0 saturated carbocycles. The van der Waals surface area contributed by atoms with Crippen LogP contribution in [0.1, 0.15) is 28.9 Å². The maximum absolute atomic E-state index is 12.7. The van der Waals surface area contributed by atoms with Crippen molar-refractivity contribution in [3.8, 4) is 5.75 Å². The van der Waals surface area contributed by atoms with Crippen LogP contribution in [-0.2, 0) is 6.61 Å². The van der Waals surface area contributed by atoms with Gasteiger partial charge in [-0.2, -0.15) is 0 Å². The second-order valence-electron chi connectivity index (χ2n) is 5.79. The number of ether oxygens (including phenoxy) is 1. The third kappa shape index (κ3) is 2.36. The molecule has 0 radical (unpaired) electrons. The van der Waals surface area contributed by atoms with Crippen LogP contribution in [0.5, 0.6) is 5.75 Å². The van der Waals surface area contributed by atoms with Gasteiger partial charge in [0.2, 0.25) is 5.43 Å². The van der Waals surface area contributed by atoms with Crippen LogP contribution in [0.4, 0.5) is 0 Å². The largest absolute Gasteiger partial charge is 0.482 e. The van der Waals surface area contributed by atoms with E-state index in [1.54, 1.807) is 15.8 Å². The number of carbonyl (C=O) groups is 1. The molecule has 1 atom stereocenters. The van der Waals surface area contributed by atoms with E-state index in [1.165, 1.54) is 6.07 Å². The lowest BCUT2D eigenvalue weighted by molar-refractivity contribution is 0.0695. The van der Waals surface area contributed by atoms with Gasteiger partial charge in [0, 0.05) is 18.8 Å². The molecule has 1 amide bonds. The zero-order valence-corrected chi connectivity index (χ0v) is 12.6. The molecule has 1 saturated heterocycles. The van der Waals surface area contributed by atoms with Gasteiger partial charge in [0.1, 0.15) is 12.8 Å². The number of benzene rings is 1. The Balaban J connectivity index is 1.69. The Morgan fingerprint density at radius 3 is 2.83 bits per heavy atom. The highest BCUT2D eigenvalue weighted by atomic mass is 16.5. The van der Waals surface area contributed by atoms with Gasteiger partial charge >= 0.3 is 0 Å². The molecule has 2 aromatic rings. The van der Waals surface area contributed by atoms with Crippen molar-refractivity contribution in [3.05, 3.63) is 64.1 Å². The first kappa shape index (κ1) is 13.9. The molecule has 118 valence electrons. The van der Waals surface area contributed by atoms with Gasteiger partial charge in [-0.3, -0.25) is 14.3 Å². The summed E-state index contributed by atoms with van der Waals surface area (Å²) in [6.07, 6.45) is 3.47. The average Bonchev–Trinajstić information content (AvgIpc) is 3.04. The molecule has 0 spiro atoms. The van der Waals surface area contributed by atoms with Crippen molar-refractivity contribution in [2.45, 2.75) is 25.6 Å². The number of pyridine rings is 1. The van der Waals surface area contributed by atoms with E-state index in [0.29, 0.717) is 6.54 Å². The summed E-state index contributed by atoms with van der Waals surface area (Å²) in [4.78, 5) is 26.7. The first-order valence-electron chi connectivity index (χ1n) is 7.74. The number of hydrogen-bond acceptors (Lipinski definition) is 4. The van der Waals surface area contributed by atoms with E-state index >= 15 is 0 Å². The Kier molecular flexibility index (Phi) is 3.29. The normalized spacial score (nSPS) is 19.0. The average molecular weight is 311 g/mol. The fraction of sp³-hybridized carbons (Fsp3) is 0.294. The number of nitrogens with one attached hydrogen (secondary N) is 1. The molecule has 0 aliphatic carbocycles. The highest BCUT2D eigenvalue weighted by Gasteiger charge is 2.37. The molecule has 3 heterocycles. The number of hydrogen-bond donors (Lipinski definition) is 1. The first-order valence-corrected chi connectivity index (χ1v) is 7.74. The SMILES string of the molecule is O=C1c2c(OCc3ccccc3)c(=O)ccn2NC2CCCN12. The van der Waals surface area contributed by atoms with Crippen LogP contribution in [0.2, 0.25) is 0 Å². The van der Waals surface area contributed by atoms with Crippen LogP contribution in [0.3, 0.4) is 0 Å². The summed E-state index contributed by atoms with van der Waals surface area (Å²) in [6.45, 7) is 0.960. The standard InChI is InChI=1S/C17H17N3O3/c21-13-8-10-20-15(17(22)19-9-4-7-14(19)18-20)16(13)23-11-12-5-2-1-3-6-12/h1-3,5-6,8,10,14,18H,4,7,9,11H2. The van der Waals surface area contributed by atoms with Crippen molar-refractivity contribution in [3.63, 3.8) is 0 Å². The molecule has 0 bridgehead atoms. The van der Waals surface area contributed by atoms with Crippen LogP contribution in [-0.4, -0.2) is 28.2 Å². The second-order valence-corrected chi connectivity index (χ2v) is 5.79. The van der Waals surface area contributed by atoms with Gasteiger partial charge in [0.15, 0.2) is 11.4 Å². The molecule has 4 rings (SSSR count). The molecule has 6 nitrogen and oxygen atoms in total. The summed E-state index contributed by atoms with van der Waals surface area (Å²) in [5.74, 6) is -0.0359.